The van der Waals surface area contributed by atoms with Crippen LogP contribution < -0.4 is 5.32 Å². The summed E-state index contributed by atoms with van der Waals surface area (Å²) in [4.78, 5) is 26.3. The first-order chi connectivity index (χ1) is 9.49. The van der Waals surface area contributed by atoms with Gasteiger partial charge in [-0.2, -0.15) is 0 Å². The van der Waals surface area contributed by atoms with Gasteiger partial charge in [0, 0.05) is 22.8 Å². The van der Waals surface area contributed by atoms with Gasteiger partial charge in [-0.25, -0.2) is 4.98 Å². The number of benzene rings is 1. The molecule has 1 aromatic carbocycles. The number of carbonyl (C=O) groups excluding carboxylic acids is 1. The number of non-ortho nitro benzene ring substituents is 1. The minimum absolute atomic E-state index is 0.0778. The Hall–Kier alpha value is -2.28. The molecule has 0 aliphatic heterocycles. The van der Waals surface area contributed by atoms with E-state index in [0.717, 1.165) is 5.56 Å². The SMILES string of the molecule is Cc1ccc([N+](=O)[O-])cc1NC(=O)c1ncccc1Br. The molecule has 6 nitrogen and oxygen atoms in total. The van der Waals surface area contributed by atoms with Crippen molar-refractivity contribution < 1.29 is 9.72 Å². The molecule has 2 aromatic rings. The van der Waals surface area contributed by atoms with Gasteiger partial charge < -0.3 is 5.32 Å². The number of nitro benzene ring substituents is 1. The summed E-state index contributed by atoms with van der Waals surface area (Å²) in [7, 11) is 0. The zero-order chi connectivity index (χ0) is 14.7. The highest BCUT2D eigenvalue weighted by molar-refractivity contribution is 9.10. The zero-order valence-electron chi connectivity index (χ0n) is 10.5. The Morgan fingerprint density at radius 1 is 1.40 bits per heavy atom. The van der Waals surface area contributed by atoms with Gasteiger partial charge in [0.15, 0.2) is 0 Å². The molecule has 1 amide bonds. The molecular weight excluding hydrogens is 326 g/mol. The number of aromatic nitrogens is 1. The fourth-order valence-electron chi connectivity index (χ4n) is 1.59. The number of nitrogens with one attached hydrogen (secondary N) is 1. The second-order valence-corrected chi connectivity index (χ2v) is 4.90. The number of carbonyl (C=O) groups is 1. The predicted octanol–water partition coefficient (Wildman–Crippen LogP) is 3.31. The predicted molar refractivity (Wildman–Crippen MR) is 77.7 cm³/mol. The van der Waals surface area contributed by atoms with E-state index in [0.29, 0.717) is 10.2 Å². The monoisotopic (exact) mass is 335 g/mol. The Morgan fingerprint density at radius 3 is 2.80 bits per heavy atom. The van der Waals surface area contributed by atoms with Gasteiger partial charge in [0.25, 0.3) is 11.6 Å². The number of hydrogen-bond acceptors (Lipinski definition) is 4. The minimum Gasteiger partial charge on any atom is -0.320 e. The van der Waals surface area contributed by atoms with E-state index in [-0.39, 0.29) is 11.4 Å². The van der Waals surface area contributed by atoms with Crippen LogP contribution >= 0.6 is 15.9 Å². The Morgan fingerprint density at radius 2 is 2.15 bits per heavy atom. The van der Waals surface area contributed by atoms with E-state index in [1.54, 1.807) is 25.1 Å². The first kappa shape index (κ1) is 14.1. The average Bonchev–Trinajstić information content (AvgIpc) is 2.41. The van der Waals surface area contributed by atoms with Crippen LogP contribution in [0.2, 0.25) is 0 Å². The summed E-state index contributed by atoms with van der Waals surface area (Å²) in [5, 5.41) is 13.4. The molecule has 1 heterocycles. The Labute approximate surface area is 123 Å². The summed E-state index contributed by atoms with van der Waals surface area (Å²) in [6, 6.07) is 7.69. The van der Waals surface area contributed by atoms with E-state index in [1.807, 2.05) is 0 Å². The van der Waals surface area contributed by atoms with Gasteiger partial charge in [0.05, 0.1) is 10.6 Å². The highest BCUT2D eigenvalue weighted by Gasteiger charge is 2.14. The van der Waals surface area contributed by atoms with Crippen LogP contribution in [0, 0.1) is 17.0 Å². The first-order valence-electron chi connectivity index (χ1n) is 5.66. The molecule has 7 heteroatoms. The van der Waals surface area contributed by atoms with Crippen molar-refractivity contribution in [2.75, 3.05) is 5.32 Å². The number of hydrogen-bond donors (Lipinski definition) is 1. The van der Waals surface area contributed by atoms with Crippen molar-refractivity contribution >= 4 is 33.2 Å². The number of aryl methyl sites for hydroxylation is 1. The third kappa shape index (κ3) is 3.00. The van der Waals surface area contributed by atoms with Crippen molar-refractivity contribution in [3.8, 4) is 0 Å². The van der Waals surface area contributed by atoms with E-state index in [2.05, 4.69) is 26.2 Å². The van der Waals surface area contributed by atoms with Gasteiger partial charge in [0.1, 0.15) is 5.69 Å². The van der Waals surface area contributed by atoms with Crippen LogP contribution in [-0.2, 0) is 0 Å². The molecule has 0 unspecified atom stereocenters. The standard InChI is InChI=1S/C13H10BrN3O3/c1-8-4-5-9(17(19)20)7-11(8)16-13(18)12-10(14)3-2-6-15-12/h2-7H,1H3,(H,16,18). The molecule has 0 saturated carbocycles. The average molecular weight is 336 g/mol. The van der Waals surface area contributed by atoms with Crippen LogP contribution in [0.25, 0.3) is 0 Å². The molecule has 2 rings (SSSR count). The van der Waals surface area contributed by atoms with Crippen molar-refractivity contribution in [2.45, 2.75) is 6.92 Å². The lowest BCUT2D eigenvalue weighted by Crippen LogP contribution is -2.15. The van der Waals surface area contributed by atoms with Crippen LogP contribution in [-0.4, -0.2) is 15.8 Å². The Kier molecular flexibility index (Phi) is 4.09. The molecule has 1 aromatic heterocycles. The zero-order valence-corrected chi connectivity index (χ0v) is 12.0. The Bertz CT molecular complexity index is 688. The number of pyridine rings is 1. The summed E-state index contributed by atoms with van der Waals surface area (Å²) in [6.45, 7) is 1.76. The van der Waals surface area contributed by atoms with Crippen molar-refractivity contribution in [1.82, 2.24) is 4.98 Å². The molecule has 0 radical (unpaired) electrons. The fraction of sp³-hybridized carbons (Fsp3) is 0.0769. The van der Waals surface area contributed by atoms with Crippen LogP contribution in [0.4, 0.5) is 11.4 Å². The highest BCUT2D eigenvalue weighted by Crippen LogP contribution is 2.23. The molecule has 102 valence electrons. The summed E-state index contributed by atoms with van der Waals surface area (Å²) >= 11 is 3.23. The normalized spacial score (nSPS) is 10.1. The minimum atomic E-state index is -0.508. The third-order valence-corrected chi connectivity index (χ3v) is 3.29. The number of rotatable bonds is 3. The third-order valence-electron chi connectivity index (χ3n) is 2.65. The topological polar surface area (TPSA) is 85.1 Å². The lowest BCUT2D eigenvalue weighted by Gasteiger charge is -2.08. The van der Waals surface area contributed by atoms with E-state index in [1.165, 1.54) is 18.3 Å². The van der Waals surface area contributed by atoms with Crippen LogP contribution in [0.1, 0.15) is 16.1 Å². The lowest BCUT2D eigenvalue weighted by molar-refractivity contribution is -0.384. The van der Waals surface area contributed by atoms with Crippen molar-refractivity contribution in [3.63, 3.8) is 0 Å². The van der Waals surface area contributed by atoms with E-state index in [9.17, 15) is 14.9 Å². The molecule has 0 saturated heterocycles. The molecule has 0 aliphatic carbocycles. The molecule has 0 aliphatic rings. The molecule has 0 atom stereocenters. The maximum Gasteiger partial charge on any atom is 0.275 e. The summed E-state index contributed by atoms with van der Waals surface area (Å²) in [5.41, 5.74) is 1.27. The number of nitrogens with zero attached hydrogens (tertiary/aromatic N) is 2. The fourth-order valence-corrected chi connectivity index (χ4v) is 2.03. The smallest absolute Gasteiger partial charge is 0.275 e. The number of halogens is 1. The van der Waals surface area contributed by atoms with Crippen LogP contribution in [0.3, 0.4) is 0 Å². The number of nitro groups is 1. The molecule has 20 heavy (non-hydrogen) atoms. The largest absolute Gasteiger partial charge is 0.320 e. The number of amides is 1. The van der Waals surface area contributed by atoms with Gasteiger partial charge in [0.2, 0.25) is 0 Å². The van der Waals surface area contributed by atoms with Crippen LogP contribution in [0.5, 0.6) is 0 Å². The van der Waals surface area contributed by atoms with Gasteiger partial charge >= 0.3 is 0 Å². The van der Waals surface area contributed by atoms with Gasteiger partial charge in [-0.15, -0.1) is 0 Å². The van der Waals surface area contributed by atoms with Crippen molar-refractivity contribution in [3.05, 3.63) is 62.4 Å². The first-order valence-corrected chi connectivity index (χ1v) is 6.45. The molecular formula is C13H10BrN3O3. The van der Waals surface area contributed by atoms with E-state index >= 15 is 0 Å². The summed E-state index contributed by atoms with van der Waals surface area (Å²) in [6.07, 6.45) is 1.50. The van der Waals surface area contributed by atoms with Crippen LogP contribution in [0.15, 0.2) is 41.0 Å². The van der Waals surface area contributed by atoms with Crippen molar-refractivity contribution in [1.29, 1.82) is 0 Å². The maximum atomic E-state index is 12.1. The molecule has 0 spiro atoms. The van der Waals surface area contributed by atoms with Gasteiger partial charge in [-0.3, -0.25) is 14.9 Å². The summed E-state index contributed by atoms with van der Waals surface area (Å²) < 4.78 is 0.556. The highest BCUT2D eigenvalue weighted by atomic mass is 79.9. The van der Waals surface area contributed by atoms with E-state index < -0.39 is 10.8 Å². The molecule has 1 N–H and O–H groups in total. The molecule has 0 bridgehead atoms. The summed E-state index contributed by atoms with van der Waals surface area (Å²) in [5.74, 6) is -0.430. The van der Waals surface area contributed by atoms with Gasteiger partial charge in [-0.05, 0) is 40.5 Å². The second-order valence-electron chi connectivity index (χ2n) is 4.04. The van der Waals surface area contributed by atoms with Gasteiger partial charge in [-0.1, -0.05) is 6.07 Å². The lowest BCUT2D eigenvalue weighted by atomic mass is 10.1. The number of anilines is 1. The Balaban J connectivity index is 2.30. The van der Waals surface area contributed by atoms with E-state index in [4.69, 9.17) is 0 Å². The maximum absolute atomic E-state index is 12.1. The quantitative estimate of drug-likeness (QED) is 0.688. The van der Waals surface area contributed by atoms with Crippen molar-refractivity contribution in [2.24, 2.45) is 0 Å². The second kappa shape index (κ2) is 5.79. The molecule has 0 fully saturated rings.